The first-order valence-corrected chi connectivity index (χ1v) is 16.6. The first-order chi connectivity index (χ1) is 22.8. The lowest BCUT2D eigenvalue weighted by Gasteiger charge is -2.34. The van der Waals surface area contributed by atoms with Crippen LogP contribution in [-0.2, 0) is 0 Å². The quantitative estimate of drug-likeness (QED) is 0.206. The molecule has 0 aliphatic carbocycles. The second-order valence-electron chi connectivity index (χ2n) is 12.0. The van der Waals surface area contributed by atoms with Crippen molar-refractivity contribution in [2.24, 2.45) is 4.99 Å². The van der Waals surface area contributed by atoms with Gasteiger partial charge in [0.15, 0.2) is 0 Å². The molecule has 0 fully saturated rings. The molecule has 0 saturated carbocycles. The lowest BCUT2D eigenvalue weighted by molar-refractivity contribution is -0.792. The number of nitrogens with zero attached hydrogens (tertiary/aromatic N) is 2. The number of quaternary nitrogens is 1. The van der Waals surface area contributed by atoms with Crippen LogP contribution in [0.4, 0.5) is 5.69 Å². The summed E-state index contributed by atoms with van der Waals surface area (Å²) in [5, 5.41) is 7.87. The van der Waals surface area contributed by atoms with E-state index in [1.807, 2.05) is 11.3 Å². The molecule has 10 rings (SSSR count). The Kier molecular flexibility index (Phi) is 5.58. The van der Waals surface area contributed by atoms with Crippen molar-refractivity contribution in [1.82, 2.24) is 4.57 Å². The average Bonchev–Trinajstić information content (AvgIpc) is 3.66. The van der Waals surface area contributed by atoms with Crippen molar-refractivity contribution < 1.29 is 4.90 Å². The molecule has 216 valence electrons. The number of fused-ring (bicyclic) bond motifs is 10. The minimum Gasteiger partial charge on any atom is -0.309 e. The second kappa shape index (κ2) is 9.98. The van der Waals surface area contributed by atoms with Gasteiger partial charge in [-0.05, 0) is 42.5 Å². The highest BCUT2D eigenvalue weighted by atomic mass is 32.1. The van der Waals surface area contributed by atoms with E-state index in [0.29, 0.717) is 0 Å². The van der Waals surface area contributed by atoms with E-state index in [1.165, 1.54) is 68.9 Å². The lowest BCUT2D eigenvalue weighted by Crippen LogP contribution is -3.14. The molecule has 2 aromatic heterocycles. The highest BCUT2D eigenvalue weighted by molar-refractivity contribution is 7.27. The molecule has 0 radical (unpaired) electrons. The van der Waals surface area contributed by atoms with Gasteiger partial charge in [-0.1, -0.05) is 115 Å². The van der Waals surface area contributed by atoms with Crippen LogP contribution in [0.5, 0.6) is 0 Å². The highest BCUT2D eigenvalue weighted by Gasteiger charge is 2.41. The molecule has 2 unspecified atom stereocenters. The molecular formula is C42H28N3S+. The van der Waals surface area contributed by atoms with Crippen LogP contribution in [0, 0.1) is 0 Å². The van der Waals surface area contributed by atoms with E-state index >= 15 is 0 Å². The van der Waals surface area contributed by atoms with Crippen LogP contribution < -0.4 is 4.90 Å². The van der Waals surface area contributed by atoms with E-state index in [0.717, 1.165) is 17.1 Å². The molecular weight excluding hydrogens is 579 g/mol. The predicted octanol–water partition coefficient (Wildman–Crippen LogP) is 9.98. The number of aliphatic imine (C=N–C) groups is 1. The third-order valence-corrected chi connectivity index (χ3v) is 10.7. The molecule has 4 heteroatoms. The van der Waals surface area contributed by atoms with Gasteiger partial charge in [-0.25, -0.2) is 4.90 Å². The maximum Gasteiger partial charge on any atom is 0.241 e. The first-order valence-electron chi connectivity index (χ1n) is 15.8. The Bertz CT molecular complexity index is 2650. The van der Waals surface area contributed by atoms with Gasteiger partial charge >= 0.3 is 0 Å². The first kappa shape index (κ1) is 25.7. The van der Waals surface area contributed by atoms with Crippen molar-refractivity contribution in [3.63, 3.8) is 0 Å². The largest absolute Gasteiger partial charge is 0.309 e. The Labute approximate surface area is 269 Å². The number of amidine groups is 1. The zero-order valence-electron chi connectivity index (χ0n) is 24.9. The van der Waals surface area contributed by atoms with E-state index in [9.17, 15) is 0 Å². The SMILES string of the molecule is c1ccc(C2N=C(c3cccc(-n4c5ccccc5c5c6c7ccccc7sc6c6ccccc6c54)c3)[NH+]2c2ccccc2)cc1. The van der Waals surface area contributed by atoms with Crippen LogP contribution in [0.1, 0.15) is 17.3 Å². The molecule has 7 aromatic carbocycles. The average molecular weight is 607 g/mol. The van der Waals surface area contributed by atoms with E-state index in [-0.39, 0.29) is 6.17 Å². The second-order valence-corrected chi connectivity index (χ2v) is 13.1. The van der Waals surface area contributed by atoms with Crippen LogP contribution in [0.15, 0.2) is 163 Å². The summed E-state index contributed by atoms with van der Waals surface area (Å²) in [5.41, 5.74) is 7.21. The summed E-state index contributed by atoms with van der Waals surface area (Å²) in [7, 11) is 0. The standard InChI is InChI=1S/C42H27N3S/c1-3-14-27(15-4-1)41-43-42(45(41)29-17-5-2-6-18-29)28-16-13-19-30(26-28)44-35-24-11-9-22-33(35)37-38-34-23-10-12-25-36(34)46-40(38)32-21-8-7-20-31(32)39(37)44/h1-26,41H/p+1. The molecule has 46 heavy (non-hydrogen) atoms. The van der Waals surface area contributed by atoms with Gasteiger partial charge < -0.3 is 4.57 Å². The van der Waals surface area contributed by atoms with Gasteiger partial charge in [0.2, 0.25) is 12.0 Å². The number of para-hydroxylation sites is 2. The van der Waals surface area contributed by atoms with Crippen molar-refractivity contribution in [1.29, 1.82) is 0 Å². The highest BCUT2D eigenvalue weighted by Crippen LogP contribution is 2.47. The van der Waals surface area contributed by atoms with Crippen molar-refractivity contribution in [3.05, 3.63) is 169 Å². The van der Waals surface area contributed by atoms with Gasteiger partial charge in [-0.15, -0.1) is 11.3 Å². The zero-order chi connectivity index (χ0) is 30.2. The number of hydrogen-bond donors (Lipinski definition) is 1. The van der Waals surface area contributed by atoms with Crippen LogP contribution >= 0.6 is 11.3 Å². The molecule has 3 nitrogen and oxygen atoms in total. The Morgan fingerprint density at radius 3 is 2.07 bits per heavy atom. The number of rotatable bonds is 4. The Balaban J connectivity index is 1.25. The van der Waals surface area contributed by atoms with Crippen molar-refractivity contribution in [2.75, 3.05) is 0 Å². The van der Waals surface area contributed by atoms with Crippen molar-refractivity contribution in [2.45, 2.75) is 6.17 Å². The smallest absolute Gasteiger partial charge is 0.241 e. The van der Waals surface area contributed by atoms with Crippen LogP contribution in [0.2, 0.25) is 0 Å². The van der Waals surface area contributed by atoms with E-state index in [4.69, 9.17) is 4.99 Å². The van der Waals surface area contributed by atoms with Gasteiger partial charge in [0.25, 0.3) is 0 Å². The Morgan fingerprint density at radius 1 is 0.565 bits per heavy atom. The number of aromatic nitrogens is 1. The Hall–Kier alpha value is -5.55. The minimum absolute atomic E-state index is 0.0274. The normalized spacial score (nSPS) is 16.4. The number of thiophene rings is 1. The summed E-state index contributed by atoms with van der Waals surface area (Å²) in [6, 6.07) is 57.0. The zero-order valence-corrected chi connectivity index (χ0v) is 25.7. The summed E-state index contributed by atoms with van der Waals surface area (Å²) < 4.78 is 5.17. The number of benzene rings is 7. The molecule has 9 aromatic rings. The van der Waals surface area contributed by atoms with Crippen molar-refractivity contribution >= 4 is 75.6 Å². The predicted molar refractivity (Wildman–Crippen MR) is 194 cm³/mol. The van der Waals surface area contributed by atoms with E-state index in [2.05, 4.69) is 162 Å². The van der Waals surface area contributed by atoms with Crippen LogP contribution in [0.3, 0.4) is 0 Å². The Morgan fingerprint density at radius 2 is 1.24 bits per heavy atom. The maximum absolute atomic E-state index is 5.26. The molecule has 0 saturated heterocycles. The molecule has 1 aliphatic rings. The third-order valence-electron chi connectivity index (χ3n) is 9.51. The fourth-order valence-corrected chi connectivity index (χ4v) is 8.77. The lowest BCUT2D eigenvalue weighted by atomic mass is 9.99. The van der Waals surface area contributed by atoms with Crippen LogP contribution in [0.25, 0.3) is 58.4 Å². The molecule has 2 atom stereocenters. The molecule has 0 amide bonds. The van der Waals surface area contributed by atoms with E-state index < -0.39 is 0 Å². The molecule has 1 aliphatic heterocycles. The maximum atomic E-state index is 5.26. The fourth-order valence-electron chi connectivity index (χ4n) is 7.52. The van der Waals surface area contributed by atoms with Crippen molar-refractivity contribution in [3.8, 4) is 5.69 Å². The minimum atomic E-state index is 0.0274. The monoisotopic (exact) mass is 606 g/mol. The topological polar surface area (TPSA) is 21.7 Å². The summed E-state index contributed by atoms with van der Waals surface area (Å²) in [6.45, 7) is 0. The summed E-state index contributed by atoms with van der Waals surface area (Å²) in [5.74, 6) is 1.07. The molecule has 0 spiro atoms. The third kappa shape index (κ3) is 3.66. The van der Waals surface area contributed by atoms with Gasteiger partial charge in [0, 0.05) is 53.0 Å². The molecule has 0 bridgehead atoms. The van der Waals surface area contributed by atoms with Crippen LogP contribution in [-0.4, -0.2) is 10.4 Å². The van der Waals surface area contributed by atoms with Gasteiger partial charge in [-0.2, -0.15) is 4.99 Å². The van der Waals surface area contributed by atoms with E-state index in [1.54, 1.807) is 0 Å². The molecule has 1 N–H and O–H groups in total. The summed E-state index contributed by atoms with van der Waals surface area (Å²) in [4.78, 5) is 6.54. The van der Waals surface area contributed by atoms with Gasteiger partial charge in [-0.3, -0.25) is 0 Å². The number of nitrogens with one attached hydrogen (secondary N) is 1. The fraction of sp³-hybridized carbons (Fsp3) is 0.0238. The van der Waals surface area contributed by atoms with Gasteiger partial charge in [0.1, 0.15) is 5.69 Å². The number of hydrogen-bond acceptors (Lipinski definition) is 2. The summed E-state index contributed by atoms with van der Waals surface area (Å²) in [6.07, 6.45) is 0.0274. The summed E-state index contributed by atoms with van der Waals surface area (Å²) >= 11 is 1.91. The molecule has 3 heterocycles. The van der Waals surface area contributed by atoms with Gasteiger partial charge in [0.05, 0.1) is 16.6 Å².